The van der Waals surface area contributed by atoms with Gasteiger partial charge < -0.3 is 24.2 Å². The summed E-state index contributed by atoms with van der Waals surface area (Å²) in [5, 5.41) is 9.58. The lowest BCUT2D eigenvalue weighted by molar-refractivity contribution is -0.136. The molecule has 1 fully saturated rings. The van der Waals surface area contributed by atoms with Gasteiger partial charge in [0.25, 0.3) is 5.91 Å². The summed E-state index contributed by atoms with van der Waals surface area (Å²) in [6, 6.07) is 4.83. The van der Waals surface area contributed by atoms with Gasteiger partial charge in [0.1, 0.15) is 6.10 Å². The number of aliphatic hydroxyl groups is 1. The third-order valence-electron chi connectivity index (χ3n) is 6.35. The number of aliphatic hydroxyl groups excluding tert-OH is 1. The maximum atomic E-state index is 13.6. The minimum Gasteiger partial charge on any atom is -0.493 e. The number of ketones is 1. The third kappa shape index (κ3) is 3.35. The highest BCUT2D eigenvalue weighted by Gasteiger charge is 2.52. The molecule has 1 aromatic rings. The topological polar surface area (TPSA) is 85.3 Å². The van der Waals surface area contributed by atoms with E-state index in [0.717, 1.165) is 24.8 Å². The molecule has 0 spiro atoms. The Balaban J connectivity index is 1.77. The fourth-order valence-electron chi connectivity index (χ4n) is 4.94. The Morgan fingerprint density at radius 2 is 2.03 bits per heavy atom. The minimum absolute atomic E-state index is 0.000517. The Morgan fingerprint density at radius 3 is 2.73 bits per heavy atom. The van der Waals surface area contributed by atoms with Gasteiger partial charge in [-0.3, -0.25) is 9.59 Å². The Labute approximate surface area is 176 Å². The van der Waals surface area contributed by atoms with E-state index in [1.54, 1.807) is 19.2 Å². The van der Waals surface area contributed by atoms with Crippen molar-refractivity contribution in [3.8, 4) is 11.5 Å². The number of carbonyl (C=O) groups is 2. The van der Waals surface area contributed by atoms with Crippen LogP contribution in [0.4, 0.5) is 0 Å². The van der Waals surface area contributed by atoms with Gasteiger partial charge in [0.2, 0.25) is 0 Å². The van der Waals surface area contributed by atoms with E-state index < -0.39 is 6.04 Å². The molecule has 4 unspecified atom stereocenters. The van der Waals surface area contributed by atoms with E-state index in [1.807, 2.05) is 13.0 Å². The molecule has 1 N–H and O–H groups in total. The Hall–Kier alpha value is -2.54. The monoisotopic (exact) mass is 415 g/mol. The first kappa shape index (κ1) is 20.7. The highest BCUT2D eigenvalue weighted by atomic mass is 16.5. The molecule has 1 aromatic carbocycles. The molecule has 0 saturated heterocycles. The SMILES string of the molecule is CCOc1ccc(C2C3=C(OC4CCC(C)CC4C3=O)C(=O)N2CCO)cc1OC. The molecule has 2 heterocycles. The quantitative estimate of drug-likeness (QED) is 0.769. The van der Waals surface area contributed by atoms with E-state index in [-0.39, 0.29) is 42.6 Å². The molecule has 3 aliphatic rings. The minimum atomic E-state index is -0.602. The van der Waals surface area contributed by atoms with E-state index >= 15 is 0 Å². The number of rotatable bonds is 6. The number of fused-ring (bicyclic) bond motifs is 1. The van der Waals surface area contributed by atoms with Crippen LogP contribution in [0.3, 0.4) is 0 Å². The van der Waals surface area contributed by atoms with Crippen LogP contribution in [-0.2, 0) is 14.3 Å². The van der Waals surface area contributed by atoms with Crippen molar-refractivity contribution in [1.82, 2.24) is 4.90 Å². The summed E-state index contributed by atoms with van der Waals surface area (Å²) in [4.78, 5) is 28.2. The van der Waals surface area contributed by atoms with E-state index in [2.05, 4.69) is 6.92 Å². The van der Waals surface area contributed by atoms with Crippen LogP contribution in [0.1, 0.15) is 44.7 Å². The number of ether oxygens (including phenoxy) is 3. The molecule has 1 amide bonds. The molecule has 162 valence electrons. The molecule has 2 aliphatic heterocycles. The molecule has 30 heavy (non-hydrogen) atoms. The van der Waals surface area contributed by atoms with Gasteiger partial charge in [-0.15, -0.1) is 0 Å². The maximum Gasteiger partial charge on any atom is 0.290 e. The van der Waals surface area contributed by atoms with Crippen LogP contribution >= 0.6 is 0 Å². The van der Waals surface area contributed by atoms with Gasteiger partial charge >= 0.3 is 0 Å². The highest BCUT2D eigenvalue weighted by Crippen LogP contribution is 2.48. The summed E-state index contributed by atoms with van der Waals surface area (Å²) in [6.45, 7) is 4.46. The van der Waals surface area contributed by atoms with Crippen molar-refractivity contribution in [1.29, 1.82) is 0 Å². The smallest absolute Gasteiger partial charge is 0.290 e. The van der Waals surface area contributed by atoms with Gasteiger partial charge in [-0.1, -0.05) is 13.0 Å². The van der Waals surface area contributed by atoms with Crippen LogP contribution in [-0.4, -0.2) is 54.7 Å². The van der Waals surface area contributed by atoms with Crippen molar-refractivity contribution in [3.63, 3.8) is 0 Å². The lowest BCUT2D eigenvalue weighted by Crippen LogP contribution is -2.41. The largest absolute Gasteiger partial charge is 0.493 e. The first-order chi connectivity index (χ1) is 14.5. The average molecular weight is 415 g/mol. The van der Waals surface area contributed by atoms with Gasteiger partial charge in [0.15, 0.2) is 23.0 Å². The predicted molar refractivity (Wildman–Crippen MR) is 109 cm³/mol. The van der Waals surface area contributed by atoms with Crippen LogP contribution in [0.25, 0.3) is 0 Å². The standard InChI is InChI=1S/C23H29NO6/c1-4-29-17-8-6-14(12-18(17)28-3)20-19-21(26)15-11-13(2)5-7-16(15)30-22(19)23(27)24(20)9-10-25/h6,8,12-13,15-16,20,25H,4-5,7,9-11H2,1-3H3. The zero-order valence-electron chi connectivity index (χ0n) is 17.7. The molecule has 7 nitrogen and oxygen atoms in total. The Bertz CT molecular complexity index is 878. The first-order valence-electron chi connectivity index (χ1n) is 10.7. The van der Waals surface area contributed by atoms with Crippen LogP contribution in [0.15, 0.2) is 29.5 Å². The number of nitrogens with zero attached hydrogens (tertiary/aromatic N) is 1. The van der Waals surface area contributed by atoms with Crippen molar-refractivity contribution in [3.05, 3.63) is 35.1 Å². The Morgan fingerprint density at radius 1 is 1.23 bits per heavy atom. The number of Topliss-reactive ketones (excluding diaryl/α,β-unsaturated/α-hetero) is 1. The Kier molecular flexibility index (Phi) is 5.73. The molecular formula is C23H29NO6. The zero-order chi connectivity index (χ0) is 21.4. The number of hydrogen-bond acceptors (Lipinski definition) is 6. The van der Waals surface area contributed by atoms with E-state index in [9.17, 15) is 14.7 Å². The van der Waals surface area contributed by atoms with Gasteiger partial charge in [-0.2, -0.15) is 0 Å². The molecule has 1 aliphatic carbocycles. The van der Waals surface area contributed by atoms with E-state index in [4.69, 9.17) is 14.2 Å². The fraction of sp³-hybridized carbons (Fsp3) is 0.565. The summed E-state index contributed by atoms with van der Waals surface area (Å²) in [7, 11) is 1.56. The van der Waals surface area contributed by atoms with Gasteiger partial charge in [0, 0.05) is 6.54 Å². The number of hydrogen-bond donors (Lipinski definition) is 1. The van der Waals surface area contributed by atoms with Crippen LogP contribution in [0.5, 0.6) is 11.5 Å². The second kappa shape index (κ2) is 8.30. The summed E-state index contributed by atoms with van der Waals surface area (Å²) in [6.07, 6.45) is 2.31. The lowest BCUT2D eigenvalue weighted by atomic mass is 9.74. The van der Waals surface area contributed by atoms with Crippen molar-refractivity contribution in [2.75, 3.05) is 26.9 Å². The molecular weight excluding hydrogens is 386 g/mol. The van der Waals surface area contributed by atoms with E-state index in [0.29, 0.717) is 29.6 Å². The first-order valence-corrected chi connectivity index (χ1v) is 10.7. The van der Waals surface area contributed by atoms with Gasteiger partial charge in [-0.05, 0) is 49.8 Å². The predicted octanol–water partition coefficient (Wildman–Crippen LogP) is 2.63. The third-order valence-corrected chi connectivity index (χ3v) is 6.35. The molecule has 7 heteroatoms. The zero-order valence-corrected chi connectivity index (χ0v) is 17.7. The number of benzene rings is 1. The fourth-order valence-corrected chi connectivity index (χ4v) is 4.94. The van der Waals surface area contributed by atoms with Gasteiger partial charge in [-0.25, -0.2) is 0 Å². The highest BCUT2D eigenvalue weighted by molar-refractivity contribution is 6.11. The lowest BCUT2D eigenvalue weighted by Gasteiger charge is -2.37. The molecule has 0 bridgehead atoms. The number of methoxy groups -OCH3 is 1. The molecule has 0 radical (unpaired) electrons. The normalized spacial score (nSPS) is 28.2. The maximum absolute atomic E-state index is 13.6. The van der Waals surface area contributed by atoms with Gasteiger partial charge in [0.05, 0.1) is 37.9 Å². The van der Waals surface area contributed by atoms with Crippen molar-refractivity contribution < 1.29 is 28.9 Å². The van der Waals surface area contributed by atoms with Crippen molar-refractivity contribution in [2.45, 2.75) is 45.3 Å². The summed E-state index contributed by atoms with van der Waals surface area (Å²) in [5.74, 6) is 1.19. The number of amides is 1. The molecule has 4 rings (SSSR count). The van der Waals surface area contributed by atoms with Crippen LogP contribution < -0.4 is 9.47 Å². The average Bonchev–Trinajstić information content (AvgIpc) is 3.02. The van der Waals surface area contributed by atoms with Crippen molar-refractivity contribution in [2.24, 2.45) is 11.8 Å². The number of carbonyl (C=O) groups excluding carboxylic acids is 2. The molecule has 4 atom stereocenters. The summed E-state index contributed by atoms with van der Waals surface area (Å²) in [5.41, 5.74) is 1.15. The number of β-amino-alcohol motifs (C(OH)–C–C–N with tert-alkyl or cyclic N) is 1. The van der Waals surface area contributed by atoms with E-state index in [1.165, 1.54) is 4.90 Å². The van der Waals surface area contributed by atoms with Crippen LogP contribution in [0.2, 0.25) is 0 Å². The summed E-state index contributed by atoms with van der Waals surface area (Å²) < 4.78 is 17.2. The molecule has 0 aromatic heterocycles. The van der Waals surface area contributed by atoms with Crippen LogP contribution in [0, 0.1) is 11.8 Å². The second-order valence-electron chi connectivity index (χ2n) is 8.26. The molecule has 1 saturated carbocycles. The second-order valence-corrected chi connectivity index (χ2v) is 8.26. The van der Waals surface area contributed by atoms with Crippen molar-refractivity contribution >= 4 is 11.7 Å². The summed E-state index contributed by atoms with van der Waals surface area (Å²) >= 11 is 0.